The molecule has 1 unspecified atom stereocenters. The van der Waals surface area contributed by atoms with Gasteiger partial charge in [-0.05, 0) is 29.8 Å². The minimum absolute atomic E-state index is 0.195. The average Bonchev–Trinajstić information content (AvgIpc) is 2.55. The summed E-state index contributed by atoms with van der Waals surface area (Å²) >= 11 is 0. The molecule has 5 nitrogen and oxygen atoms in total. The van der Waals surface area contributed by atoms with E-state index < -0.39 is 32.7 Å². The molecule has 0 radical (unpaired) electrons. The average molecular weight is 357 g/mol. The molecule has 0 spiro atoms. The number of rotatable bonds is 7. The first-order valence-corrected chi connectivity index (χ1v) is 8.47. The van der Waals surface area contributed by atoms with Crippen molar-refractivity contribution >= 4 is 10.0 Å². The Balaban J connectivity index is 2.20. The van der Waals surface area contributed by atoms with Crippen LogP contribution in [0.15, 0.2) is 47.4 Å². The molecule has 2 aromatic rings. The summed E-state index contributed by atoms with van der Waals surface area (Å²) in [5, 5.41) is 0. The van der Waals surface area contributed by atoms with E-state index in [9.17, 15) is 17.2 Å². The molecule has 8 heteroatoms. The molecule has 0 aliphatic rings. The molecule has 24 heavy (non-hydrogen) atoms. The van der Waals surface area contributed by atoms with Crippen molar-refractivity contribution in [2.24, 2.45) is 0 Å². The predicted octanol–water partition coefficient (Wildman–Crippen LogP) is 2.64. The standard InChI is InChI=1S/C16H17F2NO4S/c1-22-12-6-3-5-11(9-12)15(23-2)10-19-24(20,21)16-13(17)7-4-8-14(16)18/h3-9,15,19H,10H2,1-2H3. The van der Waals surface area contributed by atoms with Gasteiger partial charge in [0.2, 0.25) is 10.0 Å². The number of ether oxygens (including phenoxy) is 2. The Bertz CT molecular complexity index is 791. The Morgan fingerprint density at radius 1 is 1.08 bits per heavy atom. The minimum atomic E-state index is -4.36. The Morgan fingerprint density at radius 2 is 1.71 bits per heavy atom. The third-order valence-electron chi connectivity index (χ3n) is 3.40. The number of hydrogen-bond donors (Lipinski definition) is 1. The number of halogens is 2. The lowest BCUT2D eigenvalue weighted by molar-refractivity contribution is 0.107. The van der Waals surface area contributed by atoms with E-state index in [1.165, 1.54) is 14.2 Å². The highest BCUT2D eigenvalue weighted by atomic mass is 32.2. The van der Waals surface area contributed by atoms with Crippen molar-refractivity contribution in [1.29, 1.82) is 0 Å². The van der Waals surface area contributed by atoms with E-state index in [0.29, 0.717) is 11.3 Å². The van der Waals surface area contributed by atoms with Gasteiger partial charge in [0.05, 0.1) is 13.2 Å². The van der Waals surface area contributed by atoms with Crippen molar-refractivity contribution in [2.75, 3.05) is 20.8 Å². The summed E-state index contributed by atoms with van der Waals surface area (Å²) < 4.78 is 64.2. The number of benzene rings is 2. The van der Waals surface area contributed by atoms with Gasteiger partial charge < -0.3 is 9.47 Å². The molecule has 2 aromatic carbocycles. The first kappa shape index (κ1) is 18.3. The van der Waals surface area contributed by atoms with Gasteiger partial charge in [-0.15, -0.1) is 0 Å². The molecule has 0 saturated heterocycles. The maximum atomic E-state index is 13.7. The van der Waals surface area contributed by atoms with Gasteiger partial charge in [-0.1, -0.05) is 18.2 Å². The lowest BCUT2D eigenvalue weighted by Crippen LogP contribution is -2.30. The van der Waals surface area contributed by atoms with Crippen LogP contribution in [0.3, 0.4) is 0 Å². The van der Waals surface area contributed by atoms with E-state index in [1.807, 2.05) is 0 Å². The second-order valence-corrected chi connectivity index (χ2v) is 6.61. The molecule has 0 fully saturated rings. The fourth-order valence-electron chi connectivity index (χ4n) is 2.18. The van der Waals surface area contributed by atoms with Gasteiger partial charge >= 0.3 is 0 Å². The van der Waals surface area contributed by atoms with Crippen molar-refractivity contribution in [2.45, 2.75) is 11.0 Å². The molecular weight excluding hydrogens is 340 g/mol. The molecule has 0 amide bonds. The molecule has 0 bridgehead atoms. The zero-order valence-corrected chi connectivity index (χ0v) is 13.9. The van der Waals surface area contributed by atoms with Crippen LogP contribution < -0.4 is 9.46 Å². The van der Waals surface area contributed by atoms with E-state index in [4.69, 9.17) is 9.47 Å². The number of methoxy groups -OCH3 is 2. The van der Waals surface area contributed by atoms with Crippen molar-refractivity contribution in [3.05, 3.63) is 59.7 Å². The molecular formula is C16H17F2NO4S. The van der Waals surface area contributed by atoms with Gasteiger partial charge in [-0.25, -0.2) is 21.9 Å². The minimum Gasteiger partial charge on any atom is -0.497 e. The van der Waals surface area contributed by atoms with Gasteiger partial charge in [0.25, 0.3) is 0 Å². The van der Waals surface area contributed by atoms with E-state index in [0.717, 1.165) is 18.2 Å². The van der Waals surface area contributed by atoms with Crippen LogP contribution in [0.4, 0.5) is 8.78 Å². The van der Waals surface area contributed by atoms with Gasteiger partial charge in [0.15, 0.2) is 4.90 Å². The molecule has 1 atom stereocenters. The summed E-state index contributed by atoms with van der Waals surface area (Å²) in [4.78, 5) is -1.01. The lowest BCUT2D eigenvalue weighted by Gasteiger charge is -2.17. The third-order valence-corrected chi connectivity index (χ3v) is 4.87. The van der Waals surface area contributed by atoms with Crippen LogP contribution in [0.2, 0.25) is 0 Å². The molecule has 130 valence electrons. The number of nitrogens with one attached hydrogen (secondary N) is 1. The van der Waals surface area contributed by atoms with Crippen molar-refractivity contribution in [3.8, 4) is 5.75 Å². The second kappa shape index (κ2) is 7.69. The zero-order valence-electron chi connectivity index (χ0n) is 13.1. The molecule has 0 heterocycles. The highest BCUT2D eigenvalue weighted by Gasteiger charge is 2.25. The van der Waals surface area contributed by atoms with E-state index in [2.05, 4.69) is 4.72 Å². The predicted molar refractivity (Wildman–Crippen MR) is 84.3 cm³/mol. The first-order valence-electron chi connectivity index (χ1n) is 6.99. The smallest absolute Gasteiger partial charge is 0.246 e. The van der Waals surface area contributed by atoms with Gasteiger partial charge in [-0.2, -0.15) is 0 Å². The quantitative estimate of drug-likeness (QED) is 0.827. The molecule has 0 aromatic heterocycles. The third kappa shape index (κ3) is 4.08. The largest absolute Gasteiger partial charge is 0.497 e. The van der Waals surface area contributed by atoms with Crippen molar-refractivity contribution in [1.82, 2.24) is 4.72 Å². The number of hydrogen-bond acceptors (Lipinski definition) is 4. The van der Waals surface area contributed by atoms with Crippen LogP contribution >= 0.6 is 0 Å². The Kier molecular flexibility index (Phi) is 5.87. The summed E-state index contributed by atoms with van der Waals surface area (Å²) in [6, 6.07) is 9.74. The van der Waals surface area contributed by atoms with Crippen LogP contribution in [0.25, 0.3) is 0 Å². The number of sulfonamides is 1. The van der Waals surface area contributed by atoms with E-state index >= 15 is 0 Å². The second-order valence-electron chi connectivity index (χ2n) is 4.90. The molecule has 0 aliphatic carbocycles. The lowest BCUT2D eigenvalue weighted by atomic mass is 10.1. The monoisotopic (exact) mass is 357 g/mol. The van der Waals surface area contributed by atoms with Crippen LogP contribution in [0.5, 0.6) is 5.75 Å². The normalized spacial score (nSPS) is 12.8. The molecule has 2 rings (SSSR count). The fourth-order valence-corrected chi connectivity index (χ4v) is 3.34. The van der Waals surface area contributed by atoms with E-state index in [1.54, 1.807) is 24.3 Å². The van der Waals surface area contributed by atoms with Gasteiger partial charge in [0.1, 0.15) is 17.4 Å². The first-order chi connectivity index (χ1) is 11.4. The van der Waals surface area contributed by atoms with Crippen LogP contribution in [-0.4, -0.2) is 29.2 Å². The fraction of sp³-hybridized carbons (Fsp3) is 0.250. The SMILES string of the molecule is COc1cccc(C(CNS(=O)(=O)c2c(F)cccc2F)OC)c1. The Hall–Kier alpha value is -2.03. The van der Waals surface area contributed by atoms with Crippen LogP contribution in [0.1, 0.15) is 11.7 Å². The van der Waals surface area contributed by atoms with E-state index in [-0.39, 0.29) is 6.54 Å². The highest BCUT2D eigenvalue weighted by molar-refractivity contribution is 7.89. The Morgan fingerprint density at radius 3 is 2.29 bits per heavy atom. The molecule has 0 aliphatic heterocycles. The maximum absolute atomic E-state index is 13.7. The van der Waals surface area contributed by atoms with Crippen molar-refractivity contribution in [3.63, 3.8) is 0 Å². The van der Waals surface area contributed by atoms with Crippen LogP contribution in [0, 0.1) is 11.6 Å². The summed E-state index contributed by atoms with van der Waals surface area (Å²) in [7, 11) is -1.45. The molecule has 1 N–H and O–H groups in total. The summed E-state index contributed by atoms with van der Waals surface area (Å²) in [5.41, 5.74) is 0.661. The van der Waals surface area contributed by atoms with Gasteiger partial charge in [0, 0.05) is 13.7 Å². The summed E-state index contributed by atoms with van der Waals surface area (Å²) in [6.45, 7) is -0.195. The molecule has 0 saturated carbocycles. The highest BCUT2D eigenvalue weighted by Crippen LogP contribution is 2.23. The van der Waals surface area contributed by atoms with Gasteiger partial charge in [-0.3, -0.25) is 0 Å². The van der Waals surface area contributed by atoms with Crippen molar-refractivity contribution < 1.29 is 26.7 Å². The Labute approximate surface area is 139 Å². The summed E-state index contributed by atoms with van der Waals surface area (Å²) in [5.74, 6) is -1.73. The van der Waals surface area contributed by atoms with Crippen LogP contribution in [-0.2, 0) is 14.8 Å². The maximum Gasteiger partial charge on any atom is 0.246 e. The zero-order chi connectivity index (χ0) is 17.7. The topological polar surface area (TPSA) is 64.6 Å². The summed E-state index contributed by atoms with van der Waals surface area (Å²) in [6.07, 6.45) is -0.648.